The van der Waals surface area contributed by atoms with Crippen molar-refractivity contribution in [3.63, 3.8) is 0 Å². The lowest BCUT2D eigenvalue weighted by Gasteiger charge is -2.32. The fourth-order valence-corrected chi connectivity index (χ4v) is 3.97. The highest BCUT2D eigenvalue weighted by atomic mass is 35.5. The number of piperidine rings is 1. The lowest BCUT2D eigenvalue weighted by atomic mass is 10.1. The zero-order chi connectivity index (χ0) is 22.9. The van der Waals surface area contributed by atoms with Crippen LogP contribution in [0.25, 0.3) is 16.7 Å². The number of benzene rings is 1. The summed E-state index contributed by atoms with van der Waals surface area (Å²) in [7, 11) is 0. The third kappa shape index (κ3) is 4.67. The molecule has 2 amide bonds. The van der Waals surface area contributed by atoms with Crippen LogP contribution in [0.1, 0.15) is 30.1 Å². The molecule has 1 aromatic carbocycles. The molecule has 0 spiro atoms. The number of likely N-dealkylation sites (tertiary alicyclic amines) is 1. The summed E-state index contributed by atoms with van der Waals surface area (Å²) >= 11 is 6.22. The molecule has 0 aliphatic carbocycles. The summed E-state index contributed by atoms with van der Waals surface area (Å²) in [6.07, 6.45) is 2.60. The smallest absolute Gasteiger partial charge is 0.411 e. The minimum absolute atomic E-state index is 0.205. The van der Waals surface area contributed by atoms with E-state index in [-0.39, 0.29) is 25.0 Å². The van der Waals surface area contributed by atoms with Crippen LogP contribution in [0, 0.1) is 0 Å². The van der Waals surface area contributed by atoms with Gasteiger partial charge in [0.25, 0.3) is 11.8 Å². The van der Waals surface area contributed by atoms with E-state index in [1.807, 2.05) is 0 Å². The van der Waals surface area contributed by atoms with Crippen LogP contribution in [0.2, 0.25) is 5.02 Å². The summed E-state index contributed by atoms with van der Waals surface area (Å²) in [5.41, 5.74) is 1.89. The van der Waals surface area contributed by atoms with E-state index in [1.165, 1.54) is 11.1 Å². The molecular formula is C22H21ClF2N4O3. The largest absolute Gasteiger partial charge is 0.450 e. The van der Waals surface area contributed by atoms with Gasteiger partial charge in [0.15, 0.2) is 0 Å². The zero-order valence-corrected chi connectivity index (χ0v) is 18.0. The Labute approximate surface area is 187 Å². The lowest BCUT2D eigenvalue weighted by Crippen LogP contribution is -2.45. The van der Waals surface area contributed by atoms with E-state index in [0.29, 0.717) is 34.0 Å². The van der Waals surface area contributed by atoms with Crippen molar-refractivity contribution in [2.24, 2.45) is 0 Å². The fourth-order valence-electron chi connectivity index (χ4n) is 3.74. The molecule has 7 nitrogen and oxygen atoms in total. The second-order valence-corrected chi connectivity index (χ2v) is 7.99. The van der Waals surface area contributed by atoms with E-state index in [0.717, 1.165) is 0 Å². The third-order valence-electron chi connectivity index (χ3n) is 5.14. The molecule has 0 radical (unpaired) electrons. The van der Waals surface area contributed by atoms with Gasteiger partial charge in [-0.1, -0.05) is 11.6 Å². The first-order chi connectivity index (χ1) is 15.3. The van der Waals surface area contributed by atoms with Gasteiger partial charge in [0.1, 0.15) is 5.65 Å². The van der Waals surface area contributed by atoms with E-state index in [2.05, 4.69) is 10.3 Å². The molecule has 0 bridgehead atoms. The molecule has 3 heterocycles. The number of rotatable bonds is 4. The van der Waals surface area contributed by atoms with Gasteiger partial charge in [-0.05, 0) is 43.7 Å². The molecule has 1 fully saturated rings. The Kier molecular flexibility index (Phi) is 6.01. The molecule has 2 aromatic heterocycles. The molecule has 32 heavy (non-hydrogen) atoms. The van der Waals surface area contributed by atoms with Crippen LogP contribution in [-0.4, -0.2) is 52.1 Å². The van der Waals surface area contributed by atoms with Gasteiger partial charge in [-0.2, -0.15) is 0 Å². The van der Waals surface area contributed by atoms with Gasteiger partial charge in [0.2, 0.25) is 0 Å². The molecule has 0 atom stereocenters. The number of ether oxygens (including phenoxy) is 1. The molecule has 4 rings (SSSR count). The normalized spacial score (nSPS) is 15.6. The van der Waals surface area contributed by atoms with Crippen LogP contribution < -0.4 is 5.32 Å². The quantitative estimate of drug-likeness (QED) is 0.584. The summed E-state index contributed by atoms with van der Waals surface area (Å²) in [6, 6.07) is 8.40. The van der Waals surface area contributed by atoms with Crippen molar-refractivity contribution in [2.45, 2.75) is 25.7 Å². The van der Waals surface area contributed by atoms with Gasteiger partial charge in [-0.15, -0.1) is 0 Å². The van der Waals surface area contributed by atoms with Crippen LogP contribution in [0.3, 0.4) is 0 Å². The SMILES string of the molecule is CCOC(=O)Nc1cc(Cl)cc(-n2ccc3cc(C(=O)N4CCCC(F)(F)C4)cnc32)c1. The average Bonchev–Trinajstić information content (AvgIpc) is 3.15. The number of carbonyl (C=O) groups excluding carboxylic acids is 2. The van der Waals surface area contributed by atoms with Crippen molar-refractivity contribution < 1.29 is 23.1 Å². The maximum atomic E-state index is 13.7. The number of nitrogens with one attached hydrogen (secondary N) is 1. The highest BCUT2D eigenvalue weighted by molar-refractivity contribution is 6.31. The second-order valence-electron chi connectivity index (χ2n) is 7.55. The Bertz CT molecular complexity index is 1180. The molecule has 168 valence electrons. The molecule has 0 saturated carbocycles. The van der Waals surface area contributed by atoms with Gasteiger partial charge >= 0.3 is 6.09 Å². The maximum absolute atomic E-state index is 13.7. The van der Waals surface area contributed by atoms with Crippen molar-refractivity contribution in [1.29, 1.82) is 0 Å². The summed E-state index contributed by atoms with van der Waals surface area (Å²) < 4.78 is 34.0. The summed E-state index contributed by atoms with van der Waals surface area (Å²) in [5, 5.41) is 3.67. The molecule has 1 saturated heterocycles. The number of hydrogen-bond acceptors (Lipinski definition) is 4. The first kappa shape index (κ1) is 22.0. The summed E-state index contributed by atoms with van der Waals surface area (Å²) in [4.78, 5) is 30.0. The van der Waals surface area contributed by atoms with Gasteiger partial charge in [0, 0.05) is 41.5 Å². The summed E-state index contributed by atoms with van der Waals surface area (Å²) in [6.45, 7) is 1.66. The number of anilines is 1. The highest BCUT2D eigenvalue weighted by Gasteiger charge is 2.37. The average molecular weight is 463 g/mol. The van der Waals surface area contributed by atoms with Crippen molar-refractivity contribution in [3.05, 3.63) is 53.3 Å². The Morgan fingerprint density at radius 2 is 2.09 bits per heavy atom. The zero-order valence-electron chi connectivity index (χ0n) is 17.3. The number of nitrogens with zero attached hydrogens (tertiary/aromatic N) is 3. The first-order valence-corrected chi connectivity index (χ1v) is 10.5. The standard InChI is InChI=1S/C22H21ClF2N4O3/c1-2-32-21(31)27-17-9-16(23)10-18(11-17)29-7-4-14-8-15(12-26-19(14)29)20(30)28-6-3-5-22(24,25)13-28/h4,7-12H,2-3,5-6,13H2,1H3,(H,27,31). The predicted octanol–water partition coefficient (Wildman–Crippen LogP) is 5.12. The molecule has 1 N–H and O–H groups in total. The predicted molar refractivity (Wildman–Crippen MR) is 117 cm³/mol. The molecule has 1 aliphatic heterocycles. The van der Waals surface area contributed by atoms with E-state index in [1.54, 1.807) is 48.0 Å². The monoisotopic (exact) mass is 462 g/mol. The number of pyridine rings is 1. The van der Waals surface area contributed by atoms with Crippen LogP contribution >= 0.6 is 11.6 Å². The minimum atomic E-state index is -2.86. The topological polar surface area (TPSA) is 76.5 Å². The fraction of sp³-hybridized carbons (Fsp3) is 0.318. The Balaban J connectivity index is 1.62. The third-order valence-corrected chi connectivity index (χ3v) is 5.35. The van der Waals surface area contributed by atoms with Crippen molar-refractivity contribution >= 4 is 40.3 Å². The Morgan fingerprint density at radius 3 is 2.84 bits per heavy atom. The van der Waals surface area contributed by atoms with Crippen LogP contribution in [0.15, 0.2) is 42.7 Å². The van der Waals surface area contributed by atoms with Gasteiger partial charge in [-0.25, -0.2) is 18.6 Å². The van der Waals surface area contributed by atoms with Gasteiger partial charge in [-0.3, -0.25) is 10.1 Å². The number of fused-ring (bicyclic) bond motifs is 1. The number of hydrogen-bond donors (Lipinski definition) is 1. The lowest BCUT2D eigenvalue weighted by molar-refractivity contribution is -0.0560. The number of halogens is 3. The summed E-state index contributed by atoms with van der Waals surface area (Å²) in [5.74, 6) is -3.33. The molecule has 3 aromatic rings. The molecular weight excluding hydrogens is 442 g/mol. The van der Waals surface area contributed by atoms with E-state index in [9.17, 15) is 18.4 Å². The van der Waals surface area contributed by atoms with Crippen LogP contribution in [0.4, 0.5) is 19.3 Å². The van der Waals surface area contributed by atoms with E-state index >= 15 is 0 Å². The Hall–Kier alpha value is -3.20. The molecule has 10 heteroatoms. The van der Waals surface area contributed by atoms with E-state index in [4.69, 9.17) is 16.3 Å². The van der Waals surface area contributed by atoms with Gasteiger partial charge < -0.3 is 14.2 Å². The van der Waals surface area contributed by atoms with Crippen LogP contribution in [-0.2, 0) is 4.74 Å². The maximum Gasteiger partial charge on any atom is 0.411 e. The number of amides is 2. The van der Waals surface area contributed by atoms with Crippen LogP contribution in [0.5, 0.6) is 0 Å². The minimum Gasteiger partial charge on any atom is -0.450 e. The first-order valence-electron chi connectivity index (χ1n) is 10.1. The van der Waals surface area contributed by atoms with E-state index < -0.39 is 24.5 Å². The van der Waals surface area contributed by atoms with Crippen molar-refractivity contribution in [1.82, 2.24) is 14.5 Å². The number of alkyl halides is 2. The number of aromatic nitrogens is 2. The second kappa shape index (κ2) is 8.74. The molecule has 0 unspecified atom stereocenters. The molecule has 1 aliphatic rings. The highest BCUT2D eigenvalue weighted by Crippen LogP contribution is 2.29. The van der Waals surface area contributed by atoms with Crippen molar-refractivity contribution in [3.8, 4) is 5.69 Å². The van der Waals surface area contributed by atoms with Gasteiger partial charge in [0.05, 0.1) is 24.4 Å². The van der Waals surface area contributed by atoms with Crippen molar-refractivity contribution in [2.75, 3.05) is 25.0 Å². The number of carbonyl (C=O) groups is 2. The Morgan fingerprint density at radius 1 is 1.28 bits per heavy atom.